The van der Waals surface area contributed by atoms with Crippen LogP contribution in [0.15, 0.2) is 59.7 Å². The molecule has 16 heavy (non-hydrogen) atoms. The Morgan fingerprint density at radius 1 is 1.31 bits per heavy atom. The van der Waals surface area contributed by atoms with Crippen LogP contribution in [0.3, 0.4) is 0 Å². The smallest absolute Gasteiger partial charge is 0.0238 e. The van der Waals surface area contributed by atoms with E-state index in [1.54, 1.807) is 0 Å². The van der Waals surface area contributed by atoms with Gasteiger partial charge in [0.2, 0.25) is 0 Å². The molecule has 0 aliphatic heterocycles. The maximum atomic E-state index is 4.14. The van der Waals surface area contributed by atoms with Crippen molar-refractivity contribution in [3.63, 3.8) is 0 Å². The number of rotatable bonds is 3. The van der Waals surface area contributed by atoms with Crippen LogP contribution in [0, 0.1) is 0 Å². The normalized spacial score (nSPS) is 16.4. The Bertz CT molecular complexity index is 432. The molecular formula is C16H18. The second-order valence-electron chi connectivity index (χ2n) is 4.19. The summed E-state index contributed by atoms with van der Waals surface area (Å²) in [5.41, 5.74) is 5.36. The molecule has 1 aromatic carbocycles. The maximum absolute atomic E-state index is 4.14. The zero-order valence-electron chi connectivity index (χ0n) is 9.87. The summed E-state index contributed by atoms with van der Waals surface area (Å²) in [7, 11) is 0. The lowest BCUT2D eigenvalue weighted by Crippen LogP contribution is -1.88. The first-order valence-electron chi connectivity index (χ1n) is 5.95. The lowest BCUT2D eigenvalue weighted by Gasteiger charge is -2.08. The van der Waals surface area contributed by atoms with Crippen LogP contribution in [0.2, 0.25) is 0 Å². The molecule has 0 bridgehead atoms. The number of benzene rings is 1. The molecule has 0 radical (unpaired) electrons. The average molecular weight is 210 g/mol. The summed E-state index contributed by atoms with van der Waals surface area (Å²) < 4.78 is 0. The van der Waals surface area contributed by atoms with E-state index in [2.05, 4.69) is 56.0 Å². The predicted octanol–water partition coefficient (Wildman–Crippen LogP) is 4.76. The van der Waals surface area contributed by atoms with Crippen LogP contribution in [0.4, 0.5) is 0 Å². The number of allylic oxidation sites excluding steroid dienone is 4. The highest BCUT2D eigenvalue weighted by Crippen LogP contribution is 2.31. The largest absolute Gasteiger partial charge is 0.0952 e. The van der Waals surface area contributed by atoms with Crippen molar-refractivity contribution in [2.45, 2.75) is 26.2 Å². The van der Waals surface area contributed by atoms with E-state index in [4.69, 9.17) is 0 Å². The van der Waals surface area contributed by atoms with Crippen LogP contribution >= 0.6 is 0 Å². The fourth-order valence-corrected chi connectivity index (χ4v) is 2.15. The van der Waals surface area contributed by atoms with Crippen LogP contribution in [-0.2, 0) is 0 Å². The van der Waals surface area contributed by atoms with Crippen LogP contribution < -0.4 is 0 Å². The molecule has 0 saturated carbocycles. The summed E-state index contributed by atoms with van der Waals surface area (Å²) in [6.45, 7) is 6.35. The molecule has 1 aromatic rings. The fourth-order valence-electron chi connectivity index (χ4n) is 2.15. The molecule has 0 aromatic heterocycles. The zero-order chi connectivity index (χ0) is 11.4. The highest BCUT2D eigenvalue weighted by atomic mass is 14.2. The van der Waals surface area contributed by atoms with Gasteiger partial charge in [-0.05, 0) is 41.5 Å². The molecule has 0 fully saturated rings. The van der Waals surface area contributed by atoms with Crippen molar-refractivity contribution < 1.29 is 0 Å². The Morgan fingerprint density at radius 3 is 2.62 bits per heavy atom. The molecule has 0 spiro atoms. The Morgan fingerprint density at radius 2 is 2.06 bits per heavy atom. The standard InChI is InChI=1S/C16H18/c1-3-15(16-11-7-8-13(16)2)12-14-9-5-4-6-10-14/h4-6,9-12H,2-3,7-8H2,1H3/b15-12-. The minimum atomic E-state index is 1.07. The molecule has 0 unspecified atom stereocenters. The van der Waals surface area contributed by atoms with Crippen LogP contribution in [0.1, 0.15) is 31.7 Å². The molecule has 0 heteroatoms. The van der Waals surface area contributed by atoms with E-state index in [9.17, 15) is 0 Å². The van der Waals surface area contributed by atoms with Crippen molar-refractivity contribution in [2.24, 2.45) is 0 Å². The van der Waals surface area contributed by atoms with Gasteiger partial charge in [0.15, 0.2) is 0 Å². The van der Waals surface area contributed by atoms with E-state index in [-0.39, 0.29) is 0 Å². The van der Waals surface area contributed by atoms with E-state index >= 15 is 0 Å². The molecule has 0 N–H and O–H groups in total. The minimum absolute atomic E-state index is 1.07. The fraction of sp³-hybridized carbons (Fsp3) is 0.250. The molecule has 0 nitrogen and oxygen atoms in total. The Labute approximate surface area is 98.0 Å². The van der Waals surface area contributed by atoms with Crippen molar-refractivity contribution >= 4 is 6.08 Å². The molecule has 0 saturated heterocycles. The summed E-state index contributed by atoms with van der Waals surface area (Å²) in [5.74, 6) is 0. The predicted molar refractivity (Wildman–Crippen MR) is 71.2 cm³/mol. The van der Waals surface area contributed by atoms with Crippen LogP contribution in [0.25, 0.3) is 6.08 Å². The summed E-state index contributed by atoms with van der Waals surface area (Å²) in [5, 5.41) is 0. The molecular weight excluding hydrogens is 192 g/mol. The van der Waals surface area contributed by atoms with E-state index in [0.29, 0.717) is 0 Å². The Kier molecular flexibility index (Phi) is 3.40. The maximum Gasteiger partial charge on any atom is -0.0238 e. The van der Waals surface area contributed by atoms with Gasteiger partial charge < -0.3 is 0 Å². The van der Waals surface area contributed by atoms with Crippen molar-refractivity contribution in [3.05, 3.63) is 65.3 Å². The third kappa shape index (κ3) is 2.33. The van der Waals surface area contributed by atoms with Gasteiger partial charge in [0.05, 0.1) is 0 Å². The summed E-state index contributed by atoms with van der Waals surface area (Å²) in [4.78, 5) is 0. The highest BCUT2D eigenvalue weighted by Gasteiger charge is 2.12. The summed E-state index contributed by atoms with van der Waals surface area (Å²) in [6, 6.07) is 10.5. The van der Waals surface area contributed by atoms with Crippen molar-refractivity contribution in [3.8, 4) is 0 Å². The molecule has 0 heterocycles. The SMILES string of the molecule is C=C1CCC=C1/C(=C\c1ccccc1)CC. The van der Waals surface area contributed by atoms with Gasteiger partial charge in [0.25, 0.3) is 0 Å². The van der Waals surface area contributed by atoms with Crippen molar-refractivity contribution in [1.82, 2.24) is 0 Å². The van der Waals surface area contributed by atoms with Gasteiger partial charge in [-0.2, -0.15) is 0 Å². The first-order valence-corrected chi connectivity index (χ1v) is 5.95. The quantitative estimate of drug-likeness (QED) is 0.675. The van der Waals surface area contributed by atoms with Gasteiger partial charge in [-0.3, -0.25) is 0 Å². The van der Waals surface area contributed by atoms with E-state index in [1.165, 1.54) is 22.3 Å². The molecule has 0 amide bonds. The average Bonchev–Trinajstić information content (AvgIpc) is 2.74. The Hall–Kier alpha value is -1.56. The van der Waals surface area contributed by atoms with Crippen molar-refractivity contribution in [2.75, 3.05) is 0 Å². The number of hydrogen-bond donors (Lipinski definition) is 0. The third-order valence-electron chi connectivity index (χ3n) is 3.04. The van der Waals surface area contributed by atoms with Gasteiger partial charge >= 0.3 is 0 Å². The number of hydrogen-bond acceptors (Lipinski definition) is 0. The molecule has 1 aliphatic carbocycles. The van der Waals surface area contributed by atoms with E-state index in [0.717, 1.165) is 19.3 Å². The van der Waals surface area contributed by atoms with Gasteiger partial charge in [-0.1, -0.05) is 56.0 Å². The summed E-state index contributed by atoms with van der Waals surface area (Å²) >= 11 is 0. The first-order chi connectivity index (χ1) is 7.81. The van der Waals surface area contributed by atoms with Gasteiger partial charge in [0, 0.05) is 0 Å². The molecule has 1 aliphatic rings. The Balaban J connectivity index is 2.30. The second kappa shape index (κ2) is 4.98. The van der Waals surface area contributed by atoms with Gasteiger partial charge in [-0.15, -0.1) is 0 Å². The van der Waals surface area contributed by atoms with Gasteiger partial charge in [0.1, 0.15) is 0 Å². The van der Waals surface area contributed by atoms with Crippen LogP contribution in [0.5, 0.6) is 0 Å². The molecule has 2 rings (SSSR count). The lowest BCUT2D eigenvalue weighted by atomic mass is 9.97. The zero-order valence-corrected chi connectivity index (χ0v) is 9.87. The highest BCUT2D eigenvalue weighted by molar-refractivity contribution is 5.63. The first kappa shape index (κ1) is 10.9. The molecule has 0 atom stereocenters. The minimum Gasteiger partial charge on any atom is -0.0952 e. The van der Waals surface area contributed by atoms with Crippen molar-refractivity contribution in [1.29, 1.82) is 0 Å². The molecule has 82 valence electrons. The van der Waals surface area contributed by atoms with Gasteiger partial charge in [-0.25, -0.2) is 0 Å². The topological polar surface area (TPSA) is 0 Å². The summed E-state index contributed by atoms with van der Waals surface area (Å²) in [6.07, 6.45) is 7.95. The lowest BCUT2D eigenvalue weighted by molar-refractivity contribution is 1.06. The van der Waals surface area contributed by atoms with E-state index < -0.39 is 0 Å². The second-order valence-corrected chi connectivity index (χ2v) is 4.19. The monoisotopic (exact) mass is 210 g/mol. The van der Waals surface area contributed by atoms with Crippen LogP contribution in [-0.4, -0.2) is 0 Å². The third-order valence-corrected chi connectivity index (χ3v) is 3.04. The van der Waals surface area contributed by atoms with E-state index in [1.807, 2.05) is 0 Å².